The van der Waals surface area contributed by atoms with Gasteiger partial charge in [0.2, 0.25) is 6.17 Å². The summed E-state index contributed by atoms with van der Waals surface area (Å²) in [6, 6.07) is 1.07. The molecule has 0 heterocycles. The molecule has 0 amide bonds. The van der Waals surface area contributed by atoms with E-state index in [1.54, 1.807) is 0 Å². The number of nitrogens with zero attached hydrogens (tertiary/aromatic N) is 1. The molecule has 0 aliphatic heterocycles. The summed E-state index contributed by atoms with van der Waals surface area (Å²) in [6.07, 6.45) is -4.21. The van der Waals surface area contributed by atoms with Gasteiger partial charge in [-0.25, -0.2) is 8.78 Å². The normalized spacial score (nSPS) is 19.1. The van der Waals surface area contributed by atoms with E-state index in [1.807, 2.05) is 0 Å². The molecule has 0 bridgehead atoms. The van der Waals surface area contributed by atoms with Gasteiger partial charge in [-0.3, -0.25) is 4.39 Å². The van der Waals surface area contributed by atoms with Crippen molar-refractivity contribution in [3.05, 3.63) is 0 Å². The first-order valence-electron chi connectivity index (χ1n) is 2.87. The largest absolute Gasteiger partial charge is 0.251 e. The average molecular weight is 151 g/mol. The SMILES string of the molecule is CC(CF)C(F)C(F)C#N. The van der Waals surface area contributed by atoms with Gasteiger partial charge in [-0.2, -0.15) is 5.26 Å². The fourth-order valence-corrected chi connectivity index (χ4v) is 0.445. The van der Waals surface area contributed by atoms with Crippen LogP contribution in [-0.2, 0) is 0 Å². The van der Waals surface area contributed by atoms with Crippen LogP contribution in [0.25, 0.3) is 0 Å². The number of hydrogen-bond acceptors (Lipinski definition) is 1. The van der Waals surface area contributed by atoms with E-state index in [0.29, 0.717) is 0 Å². The standard InChI is InChI=1S/C6H8F3N/c1-4(2-7)6(9)5(8)3-10/h4-6H,2H2,1H3. The van der Waals surface area contributed by atoms with Gasteiger partial charge in [-0.15, -0.1) is 0 Å². The van der Waals surface area contributed by atoms with E-state index in [0.717, 1.165) is 6.07 Å². The molecule has 1 nitrogen and oxygen atoms in total. The molecule has 3 atom stereocenters. The Morgan fingerprint density at radius 3 is 2.30 bits per heavy atom. The molecule has 3 unspecified atom stereocenters. The molecule has 4 heteroatoms. The van der Waals surface area contributed by atoms with Crippen molar-refractivity contribution >= 4 is 0 Å². The number of hydrogen-bond donors (Lipinski definition) is 0. The van der Waals surface area contributed by atoms with Crippen molar-refractivity contribution in [3.8, 4) is 6.07 Å². The summed E-state index contributed by atoms with van der Waals surface area (Å²) in [4.78, 5) is 0. The zero-order chi connectivity index (χ0) is 8.15. The minimum absolute atomic E-state index is 0.941. The number of alkyl halides is 3. The molecule has 0 fully saturated rings. The molecule has 0 aliphatic rings. The summed E-state index contributed by atoms with van der Waals surface area (Å²) in [6.45, 7) is 0.276. The molecule has 0 radical (unpaired) electrons. The molecule has 0 spiro atoms. The highest BCUT2D eigenvalue weighted by atomic mass is 19.2. The van der Waals surface area contributed by atoms with Gasteiger partial charge in [0.1, 0.15) is 12.2 Å². The van der Waals surface area contributed by atoms with Crippen molar-refractivity contribution < 1.29 is 13.2 Å². The van der Waals surface area contributed by atoms with Gasteiger partial charge >= 0.3 is 0 Å². The first-order valence-corrected chi connectivity index (χ1v) is 2.87. The second-order valence-electron chi connectivity index (χ2n) is 2.11. The summed E-state index contributed by atoms with van der Waals surface area (Å²) in [5.41, 5.74) is 0. The van der Waals surface area contributed by atoms with Gasteiger partial charge in [0.15, 0.2) is 0 Å². The van der Waals surface area contributed by atoms with Crippen LogP contribution >= 0.6 is 0 Å². The van der Waals surface area contributed by atoms with Crippen LogP contribution in [0.5, 0.6) is 0 Å². The second-order valence-corrected chi connectivity index (χ2v) is 2.11. The lowest BCUT2D eigenvalue weighted by Gasteiger charge is -2.11. The Morgan fingerprint density at radius 1 is 1.50 bits per heavy atom. The molecule has 0 N–H and O–H groups in total. The van der Waals surface area contributed by atoms with E-state index < -0.39 is 24.9 Å². The van der Waals surface area contributed by atoms with Gasteiger partial charge < -0.3 is 0 Å². The molecular formula is C6H8F3N. The van der Waals surface area contributed by atoms with Crippen molar-refractivity contribution in [1.29, 1.82) is 5.26 Å². The minimum Gasteiger partial charge on any atom is -0.251 e. The molecule has 0 aromatic heterocycles. The summed E-state index contributed by atoms with van der Waals surface area (Å²) < 4.78 is 36.0. The summed E-state index contributed by atoms with van der Waals surface area (Å²) in [7, 11) is 0. The third kappa shape index (κ3) is 2.26. The number of rotatable bonds is 3. The second kappa shape index (κ2) is 4.15. The Kier molecular flexibility index (Phi) is 3.85. The molecule has 58 valence electrons. The lowest BCUT2D eigenvalue weighted by molar-refractivity contribution is 0.133. The molecular weight excluding hydrogens is 143 g/mol. The topological polar surface area (TPSA) is 23.8 Å². The first-order chi connectivity index (χ1) is 4.63. The zero-order valence-corrected chi connectivity index (χ0v) is 5.52. The smallest absolute Gasteiger partial charge is 0.217 e. The van der Waals surface area contributed by atoms with Crippen LogP contribution in [0.4, 0.5) is 13.2 Å². The predicted octanol–water partition coefficient (Wildman–Crippen LogP) is 1.79. The van der Waals surface area contributed by atoms with Crippen LogP contribution < -0.4 is 0 Å². The van der Waals surface area contributed by atoms with Crippen molar-refractivity contribution in [1.82, 2.24) is 0 Å². The van der Waals surface area contributed by atoms with E-state index in [1.165, 1.54) is 6.92 Å². The third-order valence-electron chi connectivity index (χ3n) is 1.19. The van der Waals surface area contributed by atoms with Crippen LogP contribution in [-0.4, -0.2) is 19.0 Å². The maximum atomic E-state index is 12.4. The highest BCUT2D eigenvalue weighted by Crippen LogP contribution is 2.14. The molecule has 0 saturated carbocycles. The van der Waals surface area contributed by atoms with Crippen LogP contribution in [0.1, 0.15) is 6.92 Å². The Balaban J connectivity index is 3.84. The van der Waals surface area contributed by atoms with Crippen molar-refractivity contribution in [2.24, 2.45) is 5.92 Å². The fraction of sp³-hybridized carbons (Fsp3) is 0.833. The van der Waals surface area contributed by atoms with Crippen LogP contribution in [0, 0.1) is 17.2 Å². The van der Waals surface area contributed by atoms with Crippen LogP contribution in [0.2, 0.25) is 0 Å². The first kappa shape index (κ1) is 9.28. The predicted molar refractivity (Wildman–Crippen MR) is 30.5 cm³/mol. The minimum atomic E-state index is -2.20. The quantitative estimate of drug-likeness (QED) is 0.603. The zero-order valence-electron chi connectivity index (χ0n) is 5.52. The van der Waals surface area contributed by atoms with Gasteiger partial charge in [-0.05, 0) is 0 Å². The van der Waals surface area contributed by atoms with Crippen molar-refractivity contribution in [2.45, 2.75) is 19.3 Å². The van der Waals surface area contributed by atoms with Crippen LogP contribution in [0.3, 0.4) is 0 Å². The average Bonchev–Trinajstić information content (AvgIpc) is 2.00. The molecule has 0 aromatic rings. The van der Waals surface area contributed by atoms with Gasteiger partial charge in [0, 0.05) is 5.92 Å². The van der Waals surface area contributed by atoms with E-state index in [-0.39, 0.29) is 0 Å². The Morgan fingerprint density at radius 2 is 2.00 bits per heavy atom. The summed E-state index contributed by atoms with van der Waals surface area (Å²) in [5, 5.41) is 7.86. The molecule has 0 aliphatic carbocycles. The van der Waals surface area contributed by atoms with Crippen LogP contribution in [0.15, 0.2) is 0 Å². The molecule has 10 heavy (non-hydrogen) atoms. The summed E-state index contributed by atoms with van der Waals surface area (Å²) in [5.74, 6) is -1.03. The number of nitriles is 1. The Hall–Kier alpha value is -0.720. The lowest BCUT2D eigenvalue weighted by Crippen LogP contribution is -2.24. The highest BCUT2D eigenvalue weighted by Gasteiger charge is 2.25. The Bertz CT molecular complexity index is 131. The van der Waals surface area contributed by atoms with Gasteiger partial charge in [-0.1, -0.05) is 6.92 Å². The highest BCUT2D eigenvalue weighted by molar-refractivity contribution is 4.90. The van der Waals surface area contributed by atoms with Gasteiger partial charge in [0.05, 0.1) is 6.67 Å². The number of halogens is 3. The van der Waals surface area contributed by atoms with E-state index >= 15 is 0 Å². The monoisotopic (exact) mass is 151 g/mol. The lowest BCUT2D eigenvalue weighted by atomic mass is 10.0. The Labute approximate surface area is 57.5 Å². The van der Waals surface area contributed by atoms with Crippen molar-refractivity contribution in [3.63, 3.8) is 0 Å². The molecule has 0 rings (SSSR count). The third-order valence-corrected chi connectivity index (χ3v) is 1.19. The summed E-state index contributed by atoms with van der Waals surface area (Å²) >= 11 is 0. The van der Waals surface area contributed by atoms with E-state index in [9.17, 15) is 13.2 Å². The fourth-order valence-electron chi connectivity index (χ4n) is 0.445. The maximum absolute atomic E-state index is 12.4. The van der Waals surface area contributed by atoms with Gasteiger partial charge in [0.25, 0.3) is 0 Å². The molecule has 0 saturated heterocycles. The molecule has 0 aromatic carbocycles. The maximum Gasteiger partial charge on any atom is 0.217 e. The van der Waals surface area contributed by atoms with E-state index in [4.69, 9.17) is 5.26 Å². The van der Waals surface area contributed by atoms with E-state index in [2.05, 4.69) is 0 Å². The van der Waals surface area contributed by atoms with Crippen molar-refractivity contribution in [2.75, 3.05) is 6.67 Å².